The first kappa shape index (κ1) is 17.2. The summed E-state index contributed by atoms with van der Waals surface area (Å²) >= 11 is 0. The number of carboxylic acids is 1. The summed E-state index contributed by atoms with van der Waals surface area (Å²) in [7, 11) is 0. The van der Waals surface area contributed by atoms with E-state index in [0.717, 1.165) is 22.5 Å². The summed E-state index contributed by atoms with van der Waals surface area (Å²) in [5.74, 6) is -0.273. The molecule has 0 radical (unpaired) electrons. The minimum Gasteiger partial charge on any atom is -0.480 e. The third kappa shape index (κ3) is 3.17. The molecule has 1 atom stereocenters. The third-order valence-electron chi connectivity index (χ3n) is 4.84. The van der Waals surface area contributed by atoms with Gasteiger partial charge in [-0.15, -0.1) is 0 Å². The van der Waals surface area contributed by atoms with Crippen LogP contribution in [0.3, 0.4) is 0 Å². The average Bonchev–Trinajstić information content (AvgIpc) is 3.03. The van der Waals surface area contributed by atoms with Gasteiger partial charge in [0.05, 0.1) is 11.0 Å². The Bertz CT molecular complexity index is 1010. The Hall–Kier alpha value is -3.19. The molecule has 27 heavy (non-hydrogen) atoms. The second kappa shape index (κ2) is 6.85. The summed E-state index contributed by atoms with van der Waals surface area (Å²) in [5.41, 5.74) is 3.21. The molecular weight excluding hydrogens is 344 g/mol. The molecule has 2 aromatic carbocycles. The van der Waals surface area contributed by atoms with Gasteiger partial charge in [0.1, 0.15) is 11.9 Å². The van der Waals surface area contributed by atoms with E-state index in [1.807, 2.05) is 43.3 Å². The first-order chi connectivity index (χ1) is 13.0. The summed E-state index contributed by atoms with van der Waals surface area (Å²) in [6.45, 7) is 3.04. The van der Waals surface area contributed by atoms with E-state index >= 15 is 0 Å². The molecule has 1 aromatic heterocycles. The van der Waals surface area contributed by atoms with Crippen molar-refractivity contribution in [3.63, 3.8) is 0 Å². The highest BCUT2D eigenvalue weighted by Crippen LogP contribution is 2.23. The number of rotatable bonds is 3. The van der Waals surface area contributed by atoms with Crippen LogP contribution in [-0.2, 0) is 4.79 Å². The maximum Gasteiger partial charge on any atom is 0.322 e. The van der Waals surface area contributed by atoms with Gasteiger partial charge in [0, 0.05) is 30.9 Å². The topological polar surface area (TPSA) is 87.5 Å². The second-order valence-corrected chi connectivity index (χ2v) is 6.63. The van der Waals surface area contributed by atoms with Crippen LogP contribution in [0.2, 0.25) is 0 Å². The van der Waals surface area contributed by atoms with Crippen LogP contribution in [0, 0.1) is 6.92 Å². The predicted octanol–water partition coefficient (Wildman–Crippen LogP) is 1.83. The fraction of sp³-hybridized carbons (Fsp3) is 0.250. The van der Waals surface area contributed by atoms with Crippen LogP contribution in [0.25, 0.3) is 16.7 Å². The lowest BCUT2D eigenvalue weighted by molar-refractivity contribution is -0.140. The molecule has 0 aliphatic carbocycles. The van der Waals surface area contributed by atoms with Crippen LogP contribution in [0.5, 0.6) is 0 Å². The molecule has 1 saturated heterocycles. The summed E-state index contributed by atoms with van der Waals surface area (Å²) < 4.78 is 2.05. The molecule has 0 saturated carbocycles. The number of benzene rings is 2. The van der Waals surface area contributed by atoms with E-state index in [0.29, 0.717) is 18.7 Å². The van der Waals surface area contributed by atoms with Crippen LogP contribution in [0.1, 0.15) is 16.2 Å². The Morgan fingerprint density at radius 1 is 1.19 bits per heavy atom. The maximum atomic E-state index is 12.8. The zero-order valence-corrected chi connectivity index (χ0v) is 14.9. The number of amides is 1. The van der Waals surface area contributed by atoms with Crippen LogP contribution in [-0.4, -0.2) is 57.1 Å². The maximum absolute atomic E-state index is 12.8. The minimum atomic E-state index is -0.944. The molecule has 3 aromatic rings. The molecule has 1 aliphatic heterocycles. The normalized spacial score (nSPS) is 17.2. The minimum absolute atomic E-state index is 0.156. The zero-order valence-electron chi connectivity index (χ0n) is 14.9. The fourth-order valence-corrected chi connectivity index (χ4v) is 3.52. The highest BCUT2D eigenvalue weighted by atomic mass is 16.4. The number of nitrogens with zero attached hydrogens (tertiary/aromatic N) is 3. The zero-order chi connectivity index (χ0) is 19.0. The molecule has 4 rings (SSSR count). The number of imidazole rings is 1. The van der Waals surface area contributed by atoms with Crippen molar-refractivity contribution >= 4 is 22.9 Å². The number of piperazine rings is 1. The number of aromatic nitrogens is 2. The van der Waals surface area contributed by atoms with Crippen molar-refractivity contribution < 1.29 is 14.7 Å². The second-order valence-electron chi connectivity index (χ2n) is 6.63. The van der Waals surface area contributed by atoms with Gasteiger partial charge in [0.2, 0.25) is 0 Å². The number of hydrogen-bond acceptors (Lipinski definition) is 4. The monoisotopic (exact) mass is 364 g/mol. The van der Waals surface area contributed by atoms with Gasteiger partial charge < -0.3 is 15.3 Å². The van der Waals surface area contributed by atoms with Crippen molar-refractivity contribution in [3.8, 4) is 5.69 Å². The Kier molecular flexibility index (Phi) is 4.37. The van der Waals surface area contributed by atoms with Crippen molar-refractivity contribution in [2.75, 3.05) is 19.6 Å². The lowest BCUT2D eigenvalue weighted by Crippen LogP contribution is -2.55. The molecule has 1 unspecified atom stereocenters. The average molecular weight is 364 g/mol. The van der Waals surface area contributed by atoms with E-state index < -0.39 is 12.0 Å². The van der Waals surface area contributed by atoms with Gasteiger partial charge >= 0.3 is 5.97 Å². The fourth-order valence-electron chi connectivity index (χ4n) is 3.52. The molecule has 2 N–H and O–H groups in total. The third-order valence-corrected chi connectivity index (χ3v) is 4.84. The summed E-state index contributed by atoms with van der Waals surface area (Å²) in [6, 6.07) is 14.7. The molecule has 1 fully saturated rings. The molecule has 138 valence electrons. The molecule has 0 spiro atoms. The van der Waals surface area contributed by atoms with Crippen molar-refractivity contribution in [2.45, 2.75) is 13.0 Å². The van der Waals surface area contributed by atoms with Crippen LogP contribution in [0.15, 0.2) is 48.5 Å². The Morgan fingerprint density at radius 2 is 1.96 bits per heavy atom. The van der Waals surface area contributed by atoms with E-state index in [1.165, 1.54) is 0 Å². The van der Waals surface area contributed by atoms with E-state index in [2.05, 4.69) is 14.9 Å². The summed E-state index contributed by atoms with van der Waals surface area (Å²) in [6.07, 6.45) is 0. The SMILES string of the molecule is Cc1nc2cc(C(=O)N3CCNC(C(=O)O)C3)ccc2n1-c1ccccc1. The van der Waals surface area contributed by atoms with Crippen molar-refractivity contribution in [1.29, 1.82) is 0 Å². The number of carbonyl (C=O) groups excluding carboxylic acids is 1. The first-order valence-electron chi connectivity index (χ1n) is 8.84. The van der Waals surface area contributed by atoms with E-state index in [1.54, 1.807) is 17.0 Å². The van der Waals surface area contributed by atoms with E-state index in [4.69, 9.17) is 0 Å². The quantitative estimate of drug-likeness (QED) is 0.740. The highest BCUT2D eigenvalue weighted by Gasteiger charge is 2.28. The number of aryl methyl sites for hydroxylation is 1. The standard InChI is InChI=1S/C20H20N4O3/c1-13-22-16-11-14(19(25)23-10-9-21-17(12-23)20(26)27)7-8-18(16)24(13)15-5-3-2-4-6-15/h2-8,11,17,21H,9-10,12H2,1H3,(H,26,27). The molecule has 1 amide bonds. The van der Waals surface area contributed by atoms with Crippen molar-refractivity contribution in [3.05, 3.63) is 59.9 Å². The smallest absolute Gasteiger partial charge is 0.322 e. The van der Waals surface area contributed by atoms with Gasteiger partial charge in [-0.1, -0.05) is 18.2 Å². The summed E-state index contributed by atoms with van der Waals surface area (Å²) in [5, 5.41) is 12.1. The van der Waals surface area contributed by atoms with Gasteiger partial charge in [0.15, 0.2) is 0 Å². The van der Waals surface area contributed by atoms with Crippen molar-refractivity contribution in [1.82, 2.24) is 19.8 Å². The van der Waals surface area contributed by atoms with Crippen LogP contribution < -0.4 is 5.32 Å². The first-order valence-corrected chi connectivity index (χ1v) is 8.84. The number of carboxylic acid groups (broad SMARTS) is 1. The van der Waals surface area contributed by atoms with Gasteiger partial charge in [-0.2, -0.15) is 0 Å². The Labute approximate surface area is 156 Å². The molecule has 7 heteroatoms. The van der Waals surface area contributed by atoms with Crippen molar-refractivity contribution in [2.24, 2.45) is 0 Å². The molecule has 1 aliphatic rings. The Balaban J connectivity index is 1.66. The molecule has 7 nitrogen and oxygen atoms in total. The Morgan fingerprint density at radius 3 is 2.70 bits per heavy atom. The molecular formula is C20H20N4O3. The highest BCUT2D eigenvalue weighted by molar-refractivity contribution is 5.98. The predicted molar refractivity (Wildman–Crippen MR) is 101 cm³/mol. The van der Waals surface area contributed by atoms with Gasteiger partial charge in [-0.25, -0.2) is 4.98 Å². The van der Waals surface area contributed by atoms with Gasteiger partial charge in [0.25, 0.3) is 5.91 Å². The molecule has 2 heterocycles. The summed E-state index contributed by atoms with van der Waals surface area (Å²) in [4.78, 5) is 30.2. The van der Waals surface area contributed by atoms with Gasteiger partial charge in [-0.3, -0.25) is 14.2 Å². The number of hydrogen-bond donors (Lipinski definition) is 2. The largest absolute Gasteiger partial charge is 0.480 e. The lowest BCUT2D eigenvalue weighted by Gasteiger charge is -2.31. The number of carbonyl (C=O) groups is 2. The number of aliphatic carboxylic acids is 1. The van der Waals surface area contributed by atoms with E-state index in [-0.39, 0.29) is 12.5 Å². The van der Waals surface area contributed by atoms with Crippen LogP contribution in [0.4, 0.5) is 0 Å². The number of fused-ring (bicyclic) bond motifs is 1. The molecule has 0 bridgehead atoms. The number of nitrogens with one attached hydrogen (secondary N) is 1. The van der Waals surface area contributed by atoms with Gasteiger partial charge in [-0.05, 0) is 37.3 Å². The van der Waals surface area contributed by atoms with Crippen LogP contribution >= 0.6 is 0 Å². The number of para-hydroxylation sites is 1. The van der Waals surface area contributed by atoms with E-state index in [9.17, 15) is 14.7 Å². The lowest BCUT2D eigenvalue weighted by atomic mass is 10.1.